The number of carbonyl (C=O) groups excluding carboxylic acids is 1. The van der Waals surface area contributed by atoms with Crippen molar-refractivity contribution in [2.75, 3.05) is 6.54 Å². The molecule has 1 aliphatic rings. The highest BCUT2D eigenvalue weighted by Crippen LogP contribution is 2.40. The number of nitrogens with two attached hydrogens (primary N) is 1. The van der Waals surface area contributed by atoms with Gasteiger partial charge in [0.25, 0.3) is 5.91 Å². The van der Waals surface area contributed by atoms with Gasteiger partial charge in [0, 0.05) is 23.9 Å². The van der Waals surface area contributed by atoms with Gasteiger partial charge in [-0.1, -0.05) is 43.5 Å². The Bertz CT molecular complexity index is 704. The van der Waals surface area contributed by atoms with E-state index < -0.39 is 0 Å². The highest BCUT2D eigenvalue weighted by Gasteiger charge is 2.35. The minimum atomic E-state index is -0.0931. The van der Waals surface area contributed by atoms with Crippen LogP contribution in [0, 0.1) is 6.92 Å². The molecule has 24 heavy (non-hydrogen) atoms. The lowest BCUT2D eigenvalue weighted by Crippen LogP contribution is -2.42. The summed E-state index contributed by atoms with van der Waals surface area (Å²) >= 11 is 1.44. The summed E-state index contributed by atoms with van der Waals surface area (Å²) in [5, 5.41) is 5.73. The van der Waals surface area contributed by atoms with E-state index in [1.807, 2.05) is 0 Å². The molecule has 128 valence electrons. The molecule has 1 fully saturated rings. The third-order valence-corrected chi connectivity index (χ3v) is 5.94. The normalized spacial score (nSPS) is 16.8. The molecule has 0 bridgehead atoms. The molecular weight excluding hydrogens is 318 g/mol. The number of amides is 1. The molecule has 0 spiro atoms. The van der Waals surface area contributed by atoms with Crippen molar-refractivity contribution in [1.82, 2.24) is 10.3 Å². The van der Waals surface area contributed by atoms with E-state index in [1.54, 1.807) is 5.38 Å². The van der Waals surface area contributed by atoms with Crippen LogP contribution in [-0.4, -0.2) is 17.4 Å². The monoisotopic (exact) mass is 343 g/mol. The molecule has 5 heteroatoms. The maximum atomic E-state index is 12.5. The fraction of sp³-hybridized carbons (Fsp3) is 0.474. The van der Waals surface area contributed by atoms with E-state index in [0.717, 1.165) is 17.8 Å². The van der Waals surface area contributed by atoms with Crippen LogP contribution in [0.15, 0.2) is 29.6 Å². The van der Waals surface area contributed by atoms with Gasteiger partial charge in [0.15, 0.2) is 0 Å². The Morgan fingerprint density at radius 1 is 1.29 bits per heavy atom. The number of hydrogen-bond acceptors (Lipinski definition) is 4. The number of nitrogens with one attached hydrogen (secondary N) is 1. The van der Waals surface area contributed by atoms with Crippen molar-refractivity contribution in [2.24, 2.45) is 5.73 Å². The lowest BCUT2D eigenvalue weighted by Gasteiger charge is -2.39. The topological polar surface area (TPSA) is 68.0 Å². The zero-order valence-corrected chi connectivity index (χ0v) is 15.0. The lowest BCUT2D eigenvalue weighted by atomic mass is 9.68. The summed E-state index contributed by atoms with van der Waals surface area (Å²) < 4.78 is 0. The molecule has 1 heterocycles. The molecular formula is C19H25N3OS. The van der Waals surface area contributed by atoms with E-state index in [9.17, 15) is 4.79 Å². The van der Waals surface area contributed by atoms with Gasteiger partial charge in [-0.15, -0.1) is 11.3 Å². The second-order valence-electron chi connectivity index (χ2n) is 6.67. The van der Waals surface area contributed by atoms with Gasteiger partial charge in [-0.2, -0.15) is 0 Å². The van der Waals surface area contributed by atoms with Crippen LogP contribution < -0.4 is 11.1 Å². The minimum absolute atomic E-state index is 0.0476. The lowest BCUT2D eigenvalue weighted by molar-refractivity contribution is 0.0932. The highest BCUT2D eigenvalue weighted by atomic mass is 32.1. The van der Waals surface area contributed by atoms with Crippen LogP contribution in [0.3, 0.4) is 0 Å². The molecule has 1 aliphatic carbocycles. The van der Waals surface area contributed by atoms with Crippen LogP contribution in [0.5, 0.6) is 0 Å². The first-order chi connectivity index (χ1) is 11.6. The molecule has 0 saturated heterocycles. The van der Waals surface area contributed by atoms with Crippen LogP contribution in [0.25, 0.3) is 0 Å². The van der Waals surface area contributed by atoms with Gasteiger partial charge < -0.3 is 11.1 Å². The van der Waals surface area contributed by atoms with Crippen molar-refractivity contribution in [3.63, 3.8) is 0 Å². The third kappa shape index (κ3) is 3.52. The number of thiazole rings is 1. The summed E-state index contributed by atoms with van der Waals surface area (Å²) in [6.07, 6.45) is 5.98. The second kappa shape index (κ2) is 7.45. The van der Waals surface area contributed by atoms with E-state index in [0.29, 0.717) is 18.8 Å². The molecule has 4 nitrogen and oxygen atoms in total. The molecule has 1 aromatic carbocycles. The van der Waals surface area contributed by atoms with Gasteiger partial charge in [-0.05, 0) is 30.9 Å². The van der Waals surface area contributed by atoms with Crippen molar-refractivity contribution in [3.8, 4) is 0 Å². The molecule has 1 saturated carbocycles. The molecule has 0 radical (unpaired) electrons. The van der Waals surface area contributed by atoms with Gasteiger partial charge in [0.1, 0.15) is 10.7 Å². The zero-order chi connectivity index (χ0) is 17.0. The van der Waals surface area contributed by atoms with E-state index in [-0.39, 0.29) is 11.3 Å². The zero-order valence-electron chi connectivity index (χ0n) is 14.2. The maximum absolute atomic E-state index is 12.5. The predicted octanol–water partition coefficient (Wildman–Crippen LogP) is 3.54. The third-order valence-electron chi connectivity index (χ3n) is 5.07. The van der Waals surface area contributed by atoms with Crippen molar-refractivity contribution in [1.29, 1.82) is 0 Å². The smallest absolute Gasteiger partial charge is 0.270 e. The van der Waals surface area contributed by atoms with Crippen LogP contribution in [-0.2, 0) is 12.0 Å². The Morgan fingerprint density at radius 3 is 2.71 bits per heavy atom. The fourth-order valence-electron chi connectivity index (χ4n) is 3.79. The Balaban J connectivity index is 1.78. The van der Waals surface area contributed by atoms with Crippen molar-refractivity contribution in [2.45, 2.75) is 51.0 Å². The average molecular weight is 343 g/mol. The standard InChI is InChI=1S/C19H25N3OS/c1-14-7-3-4-8-15(14)19(9-5-2-6-10-19)13-21-18(23)16-12-24-17(11-20)22-16/h3-4,7-8,12H,2,5-6,9-11,13,20H2,1H3,(H,21,23). The summed E-state index contributed by atoms with van der Waals surface area (Å²) in [4.78, 5) is 16.8. The van der Waals surface area contributed by atoms with E-state index in [1.165, 1.54) is 41.7 Å². The first-order valence-electron chi connectivity index (χ1n) is 8.63. The first kappa shape index (κ1) is 17.1. The average Bonchev–Trinajstić information content (AvgIpc) is 3.10. The fourth-order valence-corrected chi connectivity index (χ4v) is 4.44. The van der Waals surface area contributed by atoms with Gasteiger partial charge in [-0.25, -0.2) is 4.98 Å². The van der Waals surface area contributed by atoms with Crippen LogP contribution in [0.1, 0.15) is 58.7 Å². The van der Waals surface area contributed by atoms with E-state index >= 15 is 0 Å². The molecule has 2 aromatic rings. The van der Waals surface area contributed by atoms with Gasteiger partial charge in [-0.3, -0.25) is 4.79 Å². The molecule has 0 atom stereocenters. The SMILES string of the molecule is Cc1ccccc1C1(CNC(=O)c2csc(CN)n2)CCCCC1. The Labute approximate surface area is 147 Å². The number of carbonyl (C=O) groups is 1. The van der Waals surface area contributed by atoms with Crippen molar-refractivity contribution >= 4 is 17.2 Å². The van der Waals surface area contributed by atoms with Gasteiger partial charge in [0.2, 0.25) is 0 Å². The molecule has 3 N–H and O–H groups in total. The molecule has 1 aromatic heterocycles. The van der Waals surface area contributed by atoms with E-state index in [2.05, 4.69) is 41.5 Å². The van der Waals surface area contributed by atoms with Gasteiger partial charge in [0.05, 0.1) is 0 Å². The van der Waals surface area contributed by atoms with Crippen molar-refractivity contribution < 1.29 is 4.79 Å². The van der Waals surface area contributed by atoms with E-state index in [4.69, 9.17) is 5.73 Å². The van der Waals surface area contributed by atoms with Crippen molar-refractivity contribution in [3.05, 3.63) is 51.5 Å². The Kier molecular flexibility index (Phi) is 5.31. The number of aromatic nitrogens is 1. The van der Waals surface area contributed by atoms with Crippen LogP contribution in [0.2, 0.25) is 0 Å². The van der Waals surface area contributed by atoms with Gasteiger partial charge >= 0.3 is 0 Å². The first-order valence-corrected chi connectivity index (χ1v) is 9.51. The predicted molar refractivity (Wildman–Crippen MR) is 98.3 cm³/mol. The quantitative estimate of drug-likeness (QED) is 0.872. The number of rotatable bonds is 5. The maximum Gasteiger partial charge on any atom is 0.270 e. The number of aryl methyl sites for hydroxylation is 1. The molecule has 3 rings (SSSR count). The molecule has 0 aliphatic heterocycles. The number of benzene rings is 1. The number of nitrogens with zero attached hydrogens (tertiary/aromatic N) is 1. The molecule has 1 amide bonds. The number of hydrogen-bond donors (Lipinski definition) is 2. The highest BCUT2D eigenvalue weighted by molar-refractivity contribution is 7.09. The largest absolute Gasteiger partial charge is 0.350 e. The Morgan fingerprint density at radius 2 is 2.04 bits per heavy atom. The minimum Gasteiger partial charge on any atom is -0.350 e. The summed E-state index contributed by atoms with van der Waals surface area (Å²) in [6, 6.07) is 8.58. The molecule has 0 unspecified atom stereocenters. The summed E-state index contributed by atoms with van der Waals surface area (Å²) in [6.45, 7) is 3.22. The second-order valence-corrected chi connectivity index (χ2v) is 7.61. The summed E-state index contributed by atoms with van der Waals surface area (Å²) in [7, 11) is 0. The van der Waals surface area contributed by atoms with Crippen LogP contribution in [0.4, 0.5) is 0 Å². The summed E-state index contributed by atoms with van der Waals surface area (Å²) in [5.74, 6) is -0.0931. The Hall–Kier alpha value is -1.72. The summed E-state index contributed by atoms with van der Waals surface area (Å²) in [5.41, 5.74) is 8.81. The van der Waals surface area contributed by atoms with Crippen LogP contribution >= 0.6 is 11.3 Å².